The Hall–Kier alpha value is -6.00. The van der Waals surface area contributed by atoms with Gasteiger partial charge in [-0.3, -0.25) is 0 Å². The van der Waals surface area contributed by atoms with Crippen LogP contribution in [0.1, 0.15) is 67.3 Å². The second kappa shape index (κ2) is 14.8. The van der Waals surface area contributed by atoms with Gasteiger partial charge in [0.25, 0.3) is 0 Å². The van der Waals surface area contributed by atoms with Crippen LogP contribution in [0.15, 0.2) is 97.1 Å². The standard InChI is InChI=1S/C52H46N4.Fe/c1-29-13-9-17-37(33(29)5)49-41-21-23-43(53-41)50(38-18-10-14-30(2)34(38)6)45-25-27-47(55-45)52(40-20-12-16-32(4)36(40)8)48-28-26-46(56-48)51(44-24-22-42(49)54-44)39-19-11-15-31(3)35(39)7;/h9-28,53,56H,1-8H3;. The van der Waals surface area contributed by atoms with Crippen molar-refractivity contribution in [1.82, 2.24) is 19.9 Å². The van der Waals surface area contributed by atoms with Crippen LogP contribution in [0.3, 0.4) is 0 Å². The van der Waals surface area contributed by atoms with E-state index in [1.165, 1.54) is 44.5 Å². The number of hydrogen-bond donors (Lipinski definition) is 2. The van der Waals surface area contributed by atoms with E-state index in [-0.39, 0.29) is 17.1 Å². The fourth-order valence-electron chi connectivity index (χ4n) is 8.43. The first-order valence-electron chi connectivity index (χ1n) is 19.5. The number of nitrogens with zero attached hydrogens (tertiary/aromatic N) is 2. The van der Waals surface area contributed by atoms with Crippen LogP contribution >= 0.6 is 0 Å². The molecule has 0 unspecified atom stereocenters. The summed E-state index contributed by atoms with van der Waals surface area (Å²) in [6.07, 6.45) is 8.75. The summed E-state index contributed by atoms with van der Waals surface area (Å²) in [7, 11) is 0. The van der Waals surface area contributed by atoms with Gasteiger partial charge in [0.15, 0.2) is 0 Å². The molecule has 4 nitrogen and oxygen atoms in total. The monoisotopic (exact) mass is 782 g/mol. The summed E-state index contributed by atoms with van der Waals surface area (Å²) in [6, 6.07) is 35.1. The molecule has 282 valence electrons. The van der Waals surface area contributed by atoms with Gasteiger partial charge in [-0.25, -0.2) is 9.97 Å². The molecule has 0 amide bonds. The number of H-pyrrole nitrogens is 2. The van der Waals surface area contributed by atoms with Crippen molar-refractivity contribution in [3.63, 3.8) is 0 Å². The predicted molar refractivity (Wildman–Crippen MR) is 238 cm³/mol. The minimum atomic E-state index is 0. The quantitative estimate of drug-likeness (QED) is 0.175. The number of fused-ring (bicyclic) bond motifs is 8. The molecular weight excluding hydrogens is 736 g/mol. The Morgan fingerprint density at radius 2 is 0.544 bits per heavy atom. The average Bonchev–Trinajstić information content (AvgIpc) is 4.03. The number of rotatable bonds is 4. The van der Waals surface area contributed by atoms with E-state index in [0.29, 0.717) is 0 Å². The number of hydrogen-bond acceptors (Lipinski definition) is 2. The summed E-state index contributed by atoms with van der Waals surface area (Å²) < 4.78 is 0. The Kier molecular flexibility index (Phi) is 9.85. The van der Waals surface area contributed by atoms with Crippen molar-refractivity contribution in [2.45, 2.75) is 55.4 Å². The second-order valence-corrected chi connectivity index (χ2v) is 15.5. The van der Waals surface area contributed by atoms with Gasteiger partial charge in [-0.2, -0.15) is 0 Å². The van der Waals surface area contributed by atoms with Gasteiger partial charge in [-0.1, -0.05) is 72.8 Å². The Bertz CT molecular complexity index is 2610. The molecule has 0 fully saturated rings. The maximum absolute atomic E-state index is 5.54. The van der Waals surface area contributed by atoms with E-state index >= 15 is 0 Å². The fraction of sp³-hybridized carbons (Fsp3) is 0.154. The minimum Gasteiger partial charge on any atom is -0.354 e. The van der Waals surface area contributed by atoms with E-state index in [0.717, 1.165) is 89.4 Å². The SMILES string of the molecule is Cc1cccc(-c2c3nc(c(-c4cccc(C)c4C)c4ccc([nH]4)c(-c4cccc(C)c4C)c4nc(c(-c5cccc(C)c5C)c5ccc2[nH]5)C=C4)C=C3)c1C.[Fe]. The van der Waals surface area contributed by atoms with E-state index in [9.17, 15) is 0 Å². The first-order valence-corrected chi connectivity index (χ1v) is 19.5. The molecule has 2 aliphatic rings. The van der Waals surface area contributed by atoms with Gasteiger partial charge >= 0.3 is 0 Å². The third-order valence-corrected chi connectivity index (χ3v) is 12.2. The average molecular weight is 783 g/mol. The number of aromatic nitrogens is 4. The third kappa shape index (κ3) is 6.42. The van der Waals surface area contributed by atoms with E-state index in [4.69, 9.17) is 9.97 Å². The molecule has 9 rings (SSSR count). The smallest absolute Gasteiger partial charge is 0.0737 e. The minimum absolute atomic E-state index is 0. The van der Waals surface area contributed by atoms with Crippen LogP contribution in [0.2, 0.25) is 0 Å². The summed E-state index contributed by atoms with van der Waals surface area (Å²) >= 11 is 0. The molecule has 57 heavy (non-hydrogen) atoms. The molecule has 5 heteroatoms. The summed E-state index contributed by atoms with van der Waals surface area (Å²) in [5.74, 6) is 0. The van der Waals surface area contributed by atoms with Gasteiger partial charge < -0.3 is 9.97 Å². The van der Waals surface area contributed by atoms with Gasteiger partial charge in [0, 0.05) is 61.4 Å². The Morgan fingerprint density at radius 3 is 0.772 bits per heavy atom. The predicted octanol–water partition coefficient (Wildman–Crippen LogP) is 13.8. The van der Waals surface area contributed by atoms with Crippen molar-refractivity contribution < 1.29 is 17.1 Å². The molecule has 2 N–H and O–H groups in total. The van der Waals surface area contributed by atoms with Gasteiger partial charge in [-0.15, -0.1) is 0 Å². The molecule has 0 atom stereocenters. The van der Waals surface area contributed by atoms with E-state index in [1.54, 1.807) is 0 Å². The summed E-state index contributed by atoms with van der Waals surface area (Å²) in [6.45, 7) is 17.6. The topological polar surface area (TPSA) is 57.4 Å². The summed E-state index contributed by atoms with van der Waals surface area (Å²) in [4.78, 5) is 18.9. The fourth-order valence-corrected chi connectivity index (χ4v) is 8.43. The number of benzene rings is 4. The molecule has 0 saturated carbocycles. The first-order chi connectivity index (χ1) is 27.1. The number of aryl methyl sites for hydroxylation is 4. The van der Waals surface area contributed by atoms with E-state index < -0.39 is 0 Å². The molecule has 0 spiro atoms. The molecule has 3 aromatic heterocycles. The van der Waals surface area contributed by atoms with Gasteiger partial charge in [-0.05, 0) is 171 Å². The summed E-state index contributed by atoms with van der Waals surface area (Å²) in [5, 5.41) is 0. The normalized spacial score (nSPS) is 11.9. The molecule has 2 aliphatic heterocycles. The van der Waals surface area contributed by atoms with Crippen LogP contribution in [-0.2, 0) is 17.1 Å². The molecule has 0 radical (unpaired) electrons. The van der Waals surface area contributed by atoms with Gasteiger partial charge in [0.2, 0.25) is 0 Å². The Balaban J connectivity index is 0.00000455. The van der Waals surface area contributed by atoms with Crippen LogP contribution in [0.25, 0.3) is 90.9 Å². The molecular formula is C52H46FeN4. The van der Waals surface area contributed by atoms with Crippen molar-refractivity contribution in [2.75, 3.05) is 0 Å². The molecule has 5 heterocycles. The zero-order valence-corrected chi connectivity index (χ0v) is 34.9. The van der Waals surface area contributed by atoms with Crippen LogP contribution in [0.5, 0.6) is 0 Å². The largest absolute Gasteiger partial charge is 0.354 e. The van der Waals surface area contributed by atoms with Crippen molar-refractivity contribution in [1.29, 1.82) is 0 Å². The van der Waals surface area contributed by atoms with Crippen LogP contribution < -0.4 is 0 Å². The van der Waals surface area contributed by atoms with Gasteiger partial charge in [0.05, 0.1) is 22.8 Å². The Morgan fingerprint density at radius 1 is 0.316 bits per heavy atom. The zero-order valence-electron chi connectivity index (χ0n) is 33.8. The molecule has 8 bridgehead atoms. The van der Waals surface area contributed by atoms with E-state index in [1.807, 2.05) is 0 Å². The Labute approximate surface area is 346 Å². The maximum Gasteiger partial charge on any atom is 0.0737 e. The van der Waals surface area contributed by atoms with Crippen molar-refractivity contribution in [2.24, 2.45) is 0 Å². The molecule has 4 aromatic carbocycles. The summed E-state index contributed by atoms with van der Waals surface area (Å²) in [5.41, 5.74) is 26.6. The zero-order chi connectivity index (χ0) is 38.8. The second-order valence-electron chi connectivity index (χ2n) is 15.5. The van der Waals surface area contributed by atoms with Crippen LogP contribution in [-0.4, -0.2) is 19.9 Å². The number of nitrogens with one attached hydrogen (secondary N) is 2. The van der Waals surface area contributed by atoms with Crippen molar-refractivity contribution >= 4 is 46.4 Å². The van der Waals surface area contributed by atoms with Crippen molar-refractivity contribution in [3.05, 3.63) is 164 Å². The molecule has 0 saturated heterocycles. The number of aromatic amines is 2. The van der Waals surface area contributed by atoms with Crippen LogP contribution in [0.4, 0.5) is 0 Å². The third-order valence-electron chi connectivity index (χ3n) is 12.2. The molecule has 7 aromatic rings. The maximum atomic E-state index is 5.54. The molecule has 0 aliphatic carbocycles. The van der Waals surface area contributed by atoms with Crippen LogP contribution in [0, 0.1) is 55.4 Å². The van der Waals surface area contributed by atoms with Gasteiger partial charge in [0.1, 0.15) is 0 Å². The van der Waals surface area contributed by atoms with Crippen molar-refractivity contribution in [3.8, 4) is 44.5 Å². The first kappa shape index (κ1) is 37.9. The van der Waals surface area contributed by atoms with E-state index in [2.05, 4.69) is 187 Å².